The lowest BCUT2D eigenvalue weighted by Crippen LogP contribution is -2.41. The maximum Gasteiger partial charge on any atom is 0.255 e. The van der Waals surface area contributed by atoms with Crippen LogP contribution in [0.25, 0.3) is 0 Å². The first-order valence-corrected chi connectivity index (χ1v) is 8.44. The molecule has 2 aromatic carbocycles. The third-order valence-corrected chi connectivity index (χ3v) is 4.37. The van der Waals surface area contributed by atoms with Crippen molar-refractivity contribution in [3.63, 3.8) is 0 Å². The van der Waals surface area contributed by atoms with Crippen molar-refractivity contribution in [3.05, 3.63) is 58.6 Å². The van der Waals surface area contributed by atoms with Gasteiger partial charge >= 0.3 is 0 Å². The molecule has 1 fully saturated rings. The van der Waals surface area contributed by atoms with Crippen molar-refractivity contribution < 1.29 is 9.53 Å². The Balaban J connectivity index is 1.65. The van der Waals surface area contributed by atoms with E-state index in [4.69, 9.17) is 4.74 Å². The number of hydrogen-bond donors (Lipinski definition) is 1. The molecule has 0 aliphatic carbocycles. The van der Waals surface area contributed by atoms with E-state index in [1.807, 2.05) is 36.4 Å². The molecule has 3 rings (SSSR count). The van der Waals surface area contributed by atoms with Crippen molar-refractivity contribution in [2.24, 2.45) is 0 Å². The van der Waals surface area contributed by atoms with Gasteiger partial charge in [-0.15, -0.1) is 0 Å². The zero-order chi connectivity index (χ0) is 16.2. The minimum absolute atomic E-state index is 0.106. The zero-order valence-corrected chi connectivity index (χ0v) is 14.5. The number of nitrogens with one attached hydrogen (secondary N) is 1. The summed E-state index contributed by atoms with van der Waals surface area (Å²) >= 11 is 3.37. The molecule has 1 saturated heterocycles. The highest BCUT2D eigenvalue weighted by molar-refractivity contribution is 9.10. The maximum atomic E-state index is 12.2. The third kappa shape index (κ3) is 4.12. The number of ether oxygens (including phenoxy) is 1. The molecule has 2 aromatic rings. The maximum absolute atomic E-state index is 12.2. The van der Waals surface area contributed by atoms with Crippen molar-refractivity contribution in [2.75, 3.05) is 29.9 Å². The second-order valence-corrected chi connectivity index (χ2v) is 6.55. The predicted octanol–water partition coefficient (Wildman–Crippen LogP) is 3.93. The summed E-state index contributed by atoms with van der Waals surface area (Å²) in [5.41, 5.74) is 2.59. The summed E-state index contributed by atoms with van der Waals surface area (Å²) < 4.78 is 6.52. The molecule has 1 aliphatic heterocycles. The molecule has 4 nitrogen and oxygen atoms in total. The fourth-order valence-electron chi connectivity index (χ4n) is 2.61. The Labute approximate surface area is 144 Å². The van der Waals surface area contributed by atoms with Gasteiger partial charge in [-0.3, -0.25) is 4.79 Å². The van der Waals surface area contributed by atoms with E-state index in [0.717, 1.165) is 35.5 Å². The van der Waals surface area contributed by atoms with Gasteiger partial charge in [0.15, 0.2) is 0 Å². The molecular formula is C18H19BrN2O2. The van der Waals surface area contributed by atoms with Crippen LogP contribution in [0.4, 0.5) is 11.4 Å². The number of carbonyl (C=O) groups excluding carboxylic acids is 1. The Bertz CT molecular complexity index is 670. The highest BCUT2D eigenvalue weighted by atomic mass is 79.9. The predicted molar refractivity (Wildman–Crippen MR) is 96.2 cm³/mol. The van der Waals surface area contributed by atoms with Crippen LogP contribution in [0.5, 0.6) is 0 Å². The molecule has 0 spiro atoms. The smallest absolute Gasteiger partial charge is 0.255 e. The van der Waals surface area contributed by atoms with Gasteiger partial charge in [0, 0.05) is 34.5 Å². The largest absolute Gasteiger partial charge is 0.375 e. The van der Waals surface area contributed by atoms with E-state index in [-0.39, 0.29) is 12.0 Å². The van der Waals surface area contributed by atoms with Gasteiger partial charge in [-0.05, 0) is 55.5 Å². The van der Waals surface area contributed by atoms with Crippen LogP contribution >= 0.6 is 15.9 Å². The fourth-order valence-corrected chi connectivity index (χ4v) is 2.88. The van der Waals surface area contributed by atoms with Crippen LogP contribution in [0, 0.1) is 0 Å². The second kappa shape index (κ2) is 7.15. The molecule has 1 atom stereocenters. The van der Waals surface area contributed by atoms with E-state index in [9.17, 15) is 4.79 Å². The summed E-state index contributed by atoms with van der Waals surface area (Å²) in [4.78, 5) is 14.5. The first-order chi connectivity index (χ1) is 11.1. The Morgan fingerprint density at radius 1 is 1.17 bits per heavy atom. The van der Waals surface area contributed by atoms with Crippen LogP contribution in [-0.2, 0) is 4.74 Å². The molecule has 0 radical (unpaired) electrons. The van der Waals surface area contributed by atoms with E-state index in [2.05, 4.69) is 33.1 Å². The number of nitrogens with zero attached hydrogens (tertiary/aromatic N) is 1. The zero-order valence-electron chi connectivity index (χ0n) is 13.0. The standard InChI is InChI=1S/C18H19BrN2O2/c1-13-12-21(10-11-23-13)17-8-6-16(7-9-17)20-18(22)14-2-4-15(19)5-3-14/h2-9,13H,10-12H2,1H3,(H,20,22). The van der Waals surface area contributed by atoms with Crippen molar-refractivity contribution in [2.45, 2.75) is 13.0 Å². The molecule has 1 unspecified atom stereocenters. The van der Waals surface area contributed by atoms with E-state index < -0.39 is 0 Å². The van der Waals surface area contributed by atoms with E-state index >= 15 is 0 Å². The van der Waals surface area contributed by atoms with Gasteiger partial charge in [0.1, 0.15) is 0 Å². The molecule has 5 heteroatoms. The second-order valence-electron chi connectivity index (χ2n) is 5.64. The molecule has 1 aliphatic rings. The van der Waals surface area contributed by atoms with Crippen LogP contribution in [0.15, 0.2) is 53.0 Å². The van der Waals surface area contributed by atoms with Gasteiger partial charge in [-0.1, -0.05) is 15.9 Å². The molecule has 0 bridgehead atoms. The normalized spacial score (nSPS) is 17.8. The Hall–Kier alpha value is -1.85. The van der Waals surface area contributed by atoms with Crippen molar-refractivity contribution in [3.8, 4) is 0 Å². The van der Waals surface area contributed by atoms with Crippen molar-refractivity contribution >= 4 is 33.2 Å². The molecule has 1 amide bonds. The Morgan fingerprint density at radius 2 is 1.87 bits per heavy atom. The van der Waals surface area contributed by atoms with Gasteiger partial charge in [0.25, 0.3) is 5.91 Å². The summed E-state index contributed by atoms with van der Waals surface area (Å²) in [5.74, 6) is -0.106. The SMILES string of the molecule is CC1CN(c2ccc(NC(=O)c3ccc(Br)cc3)cc2)CCO1. The van der Waals surface area contributed by atoms with Crippen LogP contribution in [0.3, 0.4) is 0 Å². The number of anilines is 2. The lowest BCUT2D eigenvalue weighted by atomic mass is 10.2. The lowest BCUT2D eigenvalue weighted by molar-refractivity contribution is 0.0532. The average Bonchev–Trinajstić information content (AvgIpc) is 2.56. The van der Waals surface area contributed by atoms with Gasteiger partial charge < -0.3 is 15.0 Å². The van der Waals surface area contributed by atoms with Crippen LogP contribution in [0.1, 0.15) is 17.3 Å². The lowest BCUT2D eigenvalue weighted by Gasteiger charge is -2.33. The van der Waals surface area contributed by atoms with Crippen LogP contribution < -0.4 is 10.2 Å². The number of amides is 1. The fraction of sp³-hybridized carbons (Fsp3) is 0.278. The molecule has 120 valence electrons. The molecule has 0 saturated carbocycles. The first-order valence-electron chi connectivity index (χ1n) is 7.65. The van der Waals surface area contributed by atoms with Crippen molar-refractivity contribution in [1.29, 1.82) is 0 Å². The quantitative estimate of drug-likeness (QED) is 0.884. The molecule has 23 heavy (non-hydrogen) atoms. The molecule has 1 heterocycles. The number of halogens is 1. The van der Waals surface area contributed by atoms with Gasteiger partial charge in [-0.25, -0.2) is 0 Å². The number of hydrogen-bond acceptors (Lipinski definition) is 3. The molecule has 0 aromatic heterocycles. The summed E-state index contributed by atoms with van der Waals surface area (Å²) in [7, 11) is 0. The summed E-state index contributed by atoms with van der Waals surface area (Å²) in [6, 6.07) is 15.3. The summed E-state index contributed by atoms with van der Waals surface area (Å²) in [5, 5.41) is 2.92. The first kappa shape index (κ1) is 16.0. The topological polar surface area (TPSA) is 41.6 Å². The number of rotatable bonds is 3. The minimum Gasteiger partial charge on any atom is -0.375 e. The minimum atomic E-state index is -0.106. The third-order valence-electron chi connectivity index (χ3n) is 3.84. The Morgan fingerprint density at radius 3 is 2.52 bits per heavy atom. The molecule has 1 N–H and O–H groups in total. The van der Waals surface area contributed by atoms with E-state index in [0.29, 0.717) is 5.56 Å². The number of carbonyl (C=O) groups is 1. The van der Waals surface area contributed by atoms with Crippen LogP contribution in [0.2, 0.25) is 0 Å². The van der Waals surface area contributed by atoms with Gasteiger partial charge in [0.05, 0.1) is 12.7 Å². The van der Waals surface area contributed by atoms with Crippen molar-refractivity contribution in [1.82, 2.24) is 0 Å². The van der Waals surface area contributed by atoms with E-state index in [1.54, 1.807) is 12.1 Å². The summed E-state index contributed by atoms with van der Waals surface area (Å²) in [6.07, 6.45) is 0.250. The Kier molecular flexibility index (Phi) is 4.98. The number of morpholine rings is 1. The highest BCUT2D eigenvalue weighted by Crippen LogP contribution is 2.21. The average molecular weight is 375 g/mol. The number of benzene rings is 2. The van der Waals surface area contributed by atoms with Gasteiger partial charge in [-0.2, -0.15) is 0 Å². The summed E-state index contributed by atoms with van der Waals surface area (Å²) in [6.45, 7) is 4.63. The highest BCUT2D eigenvalue weighted by Gasteiger charge is 2.16. The molecular weight excluding hydrogens is 356 g/mol. The van der Waals surface area contributed by atoms with E-state index in [1.165, 1.54) is 0 Å². The van der Waals surface area contributed by atoms with Gasteiger partial charge in [0.2, 0.25) is 0 Å². The van der Waals surface area contributed by atoms with Crippen LogP contribution in [-0.4, -0.2) is 31.7 Å². The monoisotopic (exact) mass is 374 g/mol.